The molecule has 2 aromatic carbocycles. The molecule has 0 radical (unpaired) electrons. The molecule has 0 aromatic heterocycles. The summed E-state index contributed by atoms with van der Waals surface area (Å²) in [5.41, 5.74) is 1.49. The van der Waals surface area contributed by atoms with Crippen LogP contribution in [0.3, 0.4) is 0 Å². The lowest BCUT2D eigenvalue weighted by Gasteiger charge is -2.22. The van der Waals surface area contributed by atoms with Gasteiger partial charge in [-0.05, 0) is 49.1 Å². The number of amides is 2. The van der Waals surface area contributed by atoms with Gasteiger partial charge in [0.25, 0.3) is 11.8 Å². The van der Waals surface area contributed by atoms with Crippen LogP contribution in [-0.4, -0.2) is 24.4 Å². The second kappa shape index (κ2) is 9.31. The van der Waals surface area contributed by atoms with Crippen LogP contribution < -0.4 is 10.6 Å². The van der Waals surface area contributed by atoms with E-state index in [9.17, 15) is 14.0 Å². The Hall–Kier alpha value is -2.69. The van der Waals surface area contributed by atoms with Crippen LogP contribution in [0.5, 0.6) is 0 Å². The first-order valence-corrected chi connectivity index (χ1v) is 9.56. The lowest BCUT2D eigenvalue weighted by atomic mass is 9.95. The molecule has 1 saturated carbocycles. The van der Waals surface area contributed by atoms with Gasteiger partial charge in [-0.25, -0.2) is 4.39 Å². The van der Waals surface area contributed by atoms with E-state index in [1.165, 1.54) is 12.5 Å². The van der Waals surface area contributed by atoms with Gasteiger partial charge in [-0.15, -0.1) is 0 Å². The predicted molar refractivity (Wildman–Crippen MR) is 103 cm³/mol. The van der Waals surface area contributed by atoms with Crippen LogP contribution in [0.25, 0.3) is 0 Å². The number of rotatable bonds is 6. The summed E-state index contributed by atoms with van der Waals surface area (Å²) < 4.78 is 13.6. The second-order valence-corrected chi connectivity index (χ2v) is 6.99. The molecule has 1 fully saturated rings. The molecule has 4 nitrogen and oxygen atoms in total. The molecule has 0 bridgehead atoms. The molecule has 3 rings (SSSR count). The van der Waals surface area contributed by atoms with E-state index >= 15 is 0 Å². The molecule has 2 amide bonds. The SMILES string of the molecule is O=C(NCCc1ccccc1F)c1cccc(C(=O)NC2CCCCC2)c1. The highest BCUT2D eigenvalue weighted by Crippen LogP contribution is 2.18. The lowest BCUT2D eigenvalue weighted by molar-refractivity contribution is 0.0927. The van der Waals surface area contributed by atoms with E-state index in [1.807, 2.05) is 0 Å². The van der Waals surface area contributed by atoms with Crippen molar-refractivity contribution in [3.05, 3.63) is 71.0 Å². The van der Waals surface area contributed by atoms with Crippen LogP contribution >= 0.6 is 0 Å². The van der Waals surface area contributed by atoms with Crippen molar-refractivity contribution in [3.63, 3.8) is 0 Å². The van der Waals surface area contributed by atoms with Crippen molar-refractivity contribution in [2.24, 2.45) is 0 Å². The number of hydrogen-bond acceptors (Lipinski definition) is 2. The monoisotopic (exact) mass is 368 g/mol. The summed E-state index contributed by atoms with van der Waals surface area (Å²) in [6.45, 7) is 0.332. The van der Waals surface area contributed by atoms with Crippen LogP contribution in [-0.2, 0) is 6.42 Å². The minimum atomic E-state index is -0.270. The molecule has 0 aliphatic heterocycles. The van der Waals surface area contributed by atoms with Crippen molar-refractivity contribution in [1.29, 1.82) is 0 Å². The maximum Gasteiger partial charge on any atom is 0.251 e. The molecule has 5 heteroatoms. The molecule has 0 unspecified atom stereocenters. The maximum atomic E-state index is 13.6. The van der Waals surface area contributed by atoms with Crippen molar-refractivity contribution in [1.82, 2.24) is 10.6 Å². The Balaban J connectivity index is 1.55. The summed E-state index contributed by atoms with van der Waals surface area (Å²) >= 11 is 0. The van der Waals surface area contributed by atoms with Gasteiger partial charge in [-0.2, -0.15) is 0 Å². The van der Waals surface area contributed by atoms with Crippen LogP contribution in [0.15, 0.2) is 48.5 Å². The van der Waals surface area contributed by atoms with Crippen LogP contribution in [0.1, 0.15) is 58.4 Å². The normalized spacial score (nSPS) is 14.6. The van der Waals surface area contributed by atoms with Gasteiger partial charge in [-0.3, -0.25) is 9.59 Å². The minimum Gasteiger partial charge on any atom is -0.352 e. The van der Waals surface area contributed by atoms with Gasteiger partial charge in [-0.1, -0.05) is 43.5 Å². The molecular formula is C22H25FN2O2. The van der Waals surface area contributed by atoms with E-state index in [1.54, 1.807) is 42.5 Å². The fourth-order valence-corrected chi connectivity index (χ4v) is 3.43. The summed E-state index contributed by atoms with van der Waals surface area (Å²) in [6.07, 6.45) is 5.98. The fourth-order valence-electron chi connectivity index (χ4n) is 3.43. The topological polar surface area (TPSA) is 58.2 Å². The van der Waals surface area contributed by atoms with Crippen molar-refractivity contribution in [3.8, 4) is 0 Å². The highest BCUT2D eigenvalue weighted by atomic mass is 19.1. The Morgan fingerprint density at radius 2 is 1.63 bits per heavy atom. The molecule has 0 spiro atoms. The molecule has 1 aliphatic rings. The standard InChI is InChI=1S/C22H25FN2O2/c23-20-12-5-4-7-16(20)13-14-24-21(26)17-8-6-9-18(15-17)22(27)25-19-10-2-1-3-11-19/h4-9,12,15,19H,1-3,10-11,13-14H2,(H,24,26)(H,25,27). The summed E-state index contributed by atoms with van der Waals surface area (Å²) in [4.78, 5) is 24.8. The van der Waals surface area contributed by atoms with Gasteiger partial charge in [0.05, 0.1) is 0 Å². The molecule has 2 N–H and O–H groups in total. The Labute approximate surface area is 159 Å². The summed E-state index contributed by atoms with van der Waals surface area (Å²) in [5, 5.41) is 5.84. The number of carbonyl (C=O) groups excluding carboxylic acids is 2. The smallest absolute Gasteiger partial charge is 0.251 e. The molecule has 142 valence electrons. The molecule has 1 aliphatic carbocycles. The van der Waals surface area contributed by atoms with Gasteiger partial charge in [0, 0.05) is 23.7 Å². The summed E-state index contributed by atoms with van der Waals surface area (Å²) in [5.74, 6) is -0.672. The fraction of sp³-hybridized carbons (Fsp3) is 0.364. The Bertz CT molecular complexity index is 800. The highest BCUT2D eigenvalue weighted by molar-refractivity contribution is 5.99. The van der Waals surface area contributed by atoms with Crippen molar-refractivity contribution < 1.29 is 14.0 Å². The van der Waals surface area contributed by atoms with Crippen LogP contribution in [0, 0.1) is 5.82 Å². The quantitative estimate of drug-likeness (QED) is 0.813. The lowest BCUT2D eigenvalue weighted by Crippen LogP contribution is -2.36. The number of halogens is 1. The van der Waals surface area contributed by atoms with E-state index in [2.05, 4.69) is 10.6 Å². The number of nitrogens with one attached hydrogen (secondary N) is 2. The van der Waals surface area contributed by atoms with Crippen molar-refractivity contribution in [2.45, 2.75) is 44.6 Å². The van der Waals surface area contributed by atoms with E-state index in [0.717, 1.165) is 25.7 Å². The average Bonchev–Trinajstić information content (AvgIpc) is 2.70. The third-order valence-corrected chi connectivity index (χ3v) is 4.97. The second-order valence-electron chi connectivity index (χ2n) is 6.99. The molecule has 0 saturated heterocycles. The average molecular weight is 368 g/mol. The van der Waals surface area contributed by atoms with Gasteiger partial charge in [0.15, 0.2) is 0 Å². The molecule has 0 atom stereocenters. The Kier molecular flexibility index (Phi) is 6.58. The first kappa shape index (κ1) is 19.1. The predicted octanol–water partition coefficient (Wildman–Crippen LogP) is 3.86. The van der Waals surface area contributed by atoms with Crippen LogP contribution in [0.4, 0.5) is 4.39 Å². The van der Waals surface area contributed by atoms with E-state index in [0.29, 0.717) is 29.7 Å². The van der Waals surface area contributed by atoms with Crippen molar-refractivity contribution in [2.75, 3.05) is 6.54 Å². The summed E-state index contributed by atoms with van der Waals surface area (Å²) in [7, 11) is 0. The zero-order valence-electron chi connectivity index (χ0n) is 15.3. The number of carbonyl (C=O) groups is 2. The molecular weight excluding hydrogens is 343 g/mol. The van der Waals surface area contributed by atoms with Gasteiger partial charge in [0.1, 0.15) is 5.82 Å². The van der Waals surface area contributed by atoms with Crippen LogP contribution in [0.2, 0.25) is 0 Å². The van der Waals surface area contributed by atoms with Gasteiger partial charge < -0.3 is 10.6 Å². The van der Waals surface area contributed by atoms with E-state index in [-0.39, 0.29) is 23.7 Å². The maximum absolute atomic E-state index is 13.6. The highest BCUT2D eigenvalue weighted by Gasteiger charge is 2.17. The molecule has 2 aromatic rings. The minimum absolute atomic E-state index is 0.136. The summed E-state index contributed by atoms with van der Waals surface area (Å²) in [6, 6.07) is 13.5. The first-order chi connectivity index (χ1) is 13.1. The Morgan fingerprint density at radius 1 is 0.926 bits per heavy atom. The van der Waals surface area contributed by atoms with Gasteiger partial charge in [0.2, 0.25) is 0 Å². The largest absolute Gasteiger partial charge is 0.352 e. The zero-order chi connectivity index (χ0) is 19.1. The molecule has 0 heterocycles. The number of hydrogen-bond donors (Lipinski definition) is 2. The van der Waals surface area contributed by atoms with E-state index < -0.39 is 0 Å². The van der Waals surface area contributed by atoms with Gasteiger partial charge >= 0.3 is 0 Å². The zero-order valence-corrected chi connectivity index (χ0v) is 15.3. The van der Waals surface area contributed by atoms with E-state index in [4.69, 9.17) is 0 Å². The third kappa shape index (κ3) is 5.39. The third-order valence-electron chi connectivity index (χ3n) is 4.97. The first-order valence-electron chi connectivity index (χ1n) is 9.56. The molecule has 27 heavy (non-hydrogen) atoms. The Morgan fingerprint density at radius 3 is 2.37 bits per heavy atom. The van der Waals surface area contributed by atoms with Crippen molar-refractivity contribution >= 4 is 11.8 Å². The number of benzene rings is 2.